The highest BCUT2D eigenvalue weighted by Gasteiger charge is 2.61. The first-order valence-electron chi connectivity index (χ1n) is 6.96. The number of carbonyl (C=O) groups excluding carboxylic acids is 1. The molecule has 0 bridgehead atoms. The average Bonchev–Trinajstić information content (AvgIpc) is 3.19. The Morgan fingerprint density at radius 2 is 2.00 bits per heavy atom. The van der Waals surface area contributed by atoms with Crippen molar-refractivity contribution in [1.29, 1.82) is 0 Å². The Bertz CT molecular complexity index is 517. The van der Waals surface area contributed by atoms with Gasteiger partial charge in [0.2, 0.25) is 5.91 Å². The van der Waals surface area contributed by atoms with Gasteiger partial charge in [0.05, 0.1) is 15.5 Å². The molecule has 0 radical (unpaired) electrons. The standard InChI is InChI=1S/C15H20Cl2N2O/c1-3-19(4-2)14(20)15(8-11(15)9-18)10-5-6-12(16)13(17)7-10/h5-7,11H,3-4,8-9,18H2,1-2H3/t11-,15+/m0/s1. The normalized spacial score (nSPS) is 24.6. The Morgan fingerprint density at radius 3 is 2.45 bits per heavy atom. The topological polar surface area (TPSA) is 46.3 Å². The smallest absolute Gasteiger partial charge is 0.233 e. The average molecular weight is 315 g/mol. The van der Waals surface area contributed by atoms with Crippen LogP contribution in [0.4, 0.5) is 0 Å². The zero-order chi connectivity index (χ0) is 14.9. The minimum atomic E-state index is -0.505. The highest BCUT2D eigenvalue weighted by molar-refractivity contribution is 6.42. The summed E-state index contributed by atoms with van der Waals surface area (Å²) in [6.07, 6.45) is 0.788. The van der Waals surface area contributed by atoms with Gasteiger partial charge in [-0.2, -0.15) is 0 Å². The van der Waals surface area contributed by atoms with Gasteiger partial charge in [0.25, 0.3) is 0 Å². The lowest BCUT2D eigenvalue weighted by atomic mass is 9.91. The van der Waals surface area contributed by atoms with Gasteiger partial charge in [-0.3, -0.25) is 4.79 Å². The van der Waals surface area contributed by atoms with Crippen molar-refractivity contribution in [2.75, 3.05) is 19.6 Å². The second-order valence-corrected chi connectivity index (χ2v) is 6.03. The second-order valence-electron chi connectivity index (χ2n) is 5.21. The van der Waals surface area contributed by atoms with Gasteiger partial charge in [-0.05, 0) is 50.4 Å². The lowest BCUT2D eigenvalue weighted by molar-refractivity contribution is -0.134. The molecule has 1 aromatic carbocycles. The number of nitrogens with two attached hydrogens (primary N) is 1. The van der Waals surface area contributed by atoms with Gasteiger partial charge in [-0.1, -0.05) is 29.3 Å². The Kier molecular flexibility index (Phi) is 4.62. The molecule has 2 rings (SSSR count). The number of benzene rings is 1. The van der Waals surface area contributed by atoms with Gasteiger partial charge in [0.15, 0.2) is 0 Å². The maximum atomic E-state index is 12.8. The molecule has 0 spiro atoms. The number of likely N-dealkylation sites (N-methyl/N-ethyl adjacent to an activating group) is 1. The summed E-state index contributed by atoms with van der Waals surface area (Å²) in [6.45, 7) is 5.90. The predicted octanol–water partition coefficient (Wildman–Crippen LogP) is 3.08. The third-order valence-corrected chi connectivity index (χ3v) is 5.00. The van der Waals surface area contributed by atoms with Crippen molar-refractivity contribution in [3.63, 3.8) is 0 Å². The molecule has 2 atom stereocenters. The number of hydrogen-bond donors (Lipinski definition) is 1. The summed E-state index contributed by atoms with van der Waals surface area (Å²) < 4.78 is 0. The van der Waals surface area contributed by atoms with Crippen LogP contribution >= 0.6 is 23.2 Å². The molecule has 0 unspecified atom stereocenters. The van der Waals surface area contributed by atoms with Crippen LogP contribution in [0.2, 0.25) is 10.0 Å². The molecule has 5 heteroatoms. The monoisotopic (exact) mass is 314 g/mol. The lowest BCUT2D eigenvalue weighted by Crippen LogP contribution is -2.40. The van der Waals surface area contributed by atoms with Crippen LogP contribution in [0.15, 0.2) is 18.2 Å². The third-order valence-electron chi connectivity index (χ3n) is 4.26. The molecule has 2 N–H and O–H groups in total. The second kappa shape index (κ2) is 5.92. The van der Waals surface area contributed by atoms with Crippen LogP contribution in [-0.2, 0) is 10.2 Å². The van der Waals surface area contributed by atoms with Crippen molar-refractivity contribution >= 4 is 29.1 Å². The first-order valence-corrected chi connectivity index (χ1v) is 7.71. The van der Waals surface area contributed by atoms with E-state index in [4.69, 9.17) is 28.9 Å². The lowest BCUT2D eigenvalue weighted by Gasteiger charge is -2.26. The highest BCUT2D eigenvalue weighted by atomic mass is 35.5. The van der Waals surface area contributed by atoms with Crippen LogP contribution in [0.25, 0.3) is 0 Å². The number of rotatable bonds is 5. The van der Waals surface area contributed by atoms with Crippen molar-refractivity contribution in [3.05, 3.63) is 33.8 Å². The summed E-state index contributed by atoms with van der Waals surface area (Å²) in [4.78, 5) is 14.7. The van der Waals surface area contributed by atoms with Gasteiger partial charge in [-0.15, -0.1) is 0 Å². The molecule has 0 saturated heterocycles. The predicted molar refractivity (Wildman–Crippen MR) is 83.2 cm³/mol. The minimum absolute atomic E-state index is 0.149. The van der Waals surface area contributed by atoms with E-state index in [1.54, 1.807) is 12.1 Å². The maximum Gasteiger partial charge on any atom is 0.233 e. The molecular weight excluding hydrogens is 295 g/mol. The van der Waals surface area contributed by atoms with Crippen molar-refractivity contribution in [2.45, 2.75) is 25.7 Å². The van der Waals surface area contributed by atoms with E-state index in [9.17, 15) is 4.79 Å². The summed E-state index contributed by atoms with van der Waals surface area (Å²) in [7, 11) is 0. The van der Waals surface area contributed by atoms with Crippen molar-refractivity contribution in [3.8, 4) is 0 Å². The molecule has 0 aromatic heterocycles. The van der Waals surface area contributed by atoms with Crippen LogP contribution < -0.4 is 5.73 Å². The molecule has 110 valence electrons. The summed E-state index contributed by atoms with van der Waals surface area (Å²) >= 11 is 12.1. The first kappa shape index (κ1) is 15.6. The molecule has 20 heavy (non-hydrogen) atoms. The zero-order valence-corrected chi connectivity index (χ0v) is 13.3. The van der Waals surface area contributed by atoms with E-state index >= 15 is 0 Å². The minimum Gasteiger partial charge on any atom is -0.342 e. The van der Waals surface area contributed by atoms with Crippen molar-refractivity contribution in [1.82, 2.24) is 4.90 Å². The van der Waals surface area contributed by atoms with E-state index in [1.807, 2.05) is 24.8 Å². The SMILES string of the molecule is CCN(CC)C(=O)[C@@]1(c2ccc(Cl)c(Cl)c2)C[C@H]1CN. The maximum absolute atomic E-state index is 12.8. The fraction of sp³-hybridized carbons (Fsp3) is 0.533. The molecule has 0 aliphatic heterocycles. The van der Waals surface area contributed by atoms with Crippen molar-refractivity contribution in [2.24, 2.45) is 11.7 Å². The van der Waals surface area contributed by atoms with Gasteiger partial charge in [0, 0.05) is 13.1 Å². The molecule has 1 aromatic rings. The van der Waals surface area contributed by atoms with Gasteiger partial charge in [0.1, 0.15) is 0 Å². The zero-order valence-electron chi connectivity index (χ0n) is 11.8. The first-order chi connectivity index (χ1) is 9.51. The van der Waals surface area contributed by atoms with E-state index in [2.05, 4.69) is 0 Å². The molecular formula is C15H20Cl2N2O. The largest absolute Gasteiger partial charge is 0.342 e. The van der Waals surface area contributed by atoms with Crippen molar-refractivity contribution < 1.29 is 4.79 Å². The summed E-state index contributed by atoms with van der Waals surface area (Å²) in [5.41, 5.74) is 6.23. The Balaban J connectivity index is 2.40. The Labute approximate surface area is 130 Å². The van der Waals surface area contributed by atoms with E-state index < -0.39 is 5.41 Å². The van der Waals surface area contributed by atoms with E-state index in [0.29, 0.717) is 29.7 Å². The molecule has 0 heterocycles. The fourth-order valence-electron chi connectivity index (χ4n) is 2.92. The molecule has 1 fully saturated rings. The van der Waals surface area contributed by atoms with Crippen LogP contribution in [0.5, 0.6) is 0 Å². The van der Waals surface area contributed by atoms with Crippen LogP contribution in [0.1, 0.15) is 25.8 Å². The van der Waals surface area contributed by atoms with Gasteiger partial charge >= 0.3 is 0 Å². The van der Waals surface area contributed by atoms with E-state index in [0.717, 1.165) is 12.0 Å². The summed E-state index contributed by atoms with van der Waals surface area (Å²) in [5.74, 6) is 0.337. The van der Waals surface area contributed by atoms with Gasteiger partial charge in [-0.25, -0.2) is 0 Å². The highest BCUT2D eigenvalue weighted by Crippen LogP contribution is 2.55. The van der Waals surface area contributed by atoms with Gasteiger partial charge < -0.3 is 10.6 Å². The molecule has 1 saturated carbocycles. The Morgan fingerprint density at radius 1 is 1.35 bits per heavy atom. The summed E-state index contributed by atoms with van der Waals surface area (Å²) in [6, 6.07) is 5.45. The van der Waals surface area contributed by atoms with E-state index in [-0.39, 0.29) is 11.8 Å². The number of amides is 1. The fourth-order valence-corrected chi connectivity index (χ4v) is 3.22. The molecule has 1 aliphatic rings. The molecule has 1 amide bonds. The number of carbonyl (C=O) groups is 1. The van der Waals surface area contributed by atoms with Crippen LogP contribution in [0, 0.1) is 5.92 Å². The molecule has 3 nitrogen and oxygen atoms in total. The van der Waals surface area contributed by atoms with E-state index in [1.165, 1.54) is 0 Å². The Hall–Kier alpha value is -0.770. The van der Waals surface area contributed by atoms with Crippen LogP contribution in [-0.4, -0.2) is 30.4 Å². The number of halogens is 2. The summed E-state index contributed by atoms with van der Waals surface area (Å²) in [5, 5.41) is 0.990. The number of hydrogen-bond acceptors (Lipinski definition) is 2. The number of nitrogens with zero attached hydrogens (tertiary/aromatic N) is 1. The molecule has 1 aliphatic carbocycles. The third kappa shape index (κ3) is 2.43. The van der Waals surface area contributed by atoms with Crippen LogP contribution in [0.3, 0.4) is 0 Å². The quantitative estimate of drug-likeness (QED) is 0.907.